The Labute approximate surface area is 180 Å². The average molecular weight is 422 g/mol. The number of aliphatic carboxylic acids is 1. The molecule has 31 heavy (non-hydrogen) atoms. The molecule has 2 aliphatic carbocycles. The standard InChI is InChI=1S/C24H26N2O5/c27-22(28)12-21(23(29)25-13-15-6-5-7-15)26-24(30)31-14-20-18-10-3-1-8-16(18)17-9-2-4-11-19(17)20/h1-4,8-11,15,20-21H,5-7,12-14H2,(H,25,29)(H,26,30)(H,27,28). The van der Waals surface area contributed by atoms with Crippen LogP contribution in [0.15, 0.2) is 48.5 Å². The second kappa shape index (κ2) is 9.20. The van der Waals surface area contributed by atoms with Crippen molar-refractivity contribution >= 4 is 18.0 Å². The number of carbonyl (C=O) groups is 3. The minimum atomic E-state index is -1.17. The lowest BCUT2D eigenvalue weighted by atomic mass is 9.85. The number of rotatable bonds is 8. The van der Waals surface area contributed by atoms with Gasteiger partial charge in [0.05, 0.1) is 6.42 Å². The minimum absolute atomic E-state index is 0.101. The largest absolute Gasteiger partial charge is 0.481 e. The Kier molecular flexibility index (Phi) is 6.21. The van der Waals surface area contributed by atoms with Crippen LogP contribution in [0.3, 0.4) is 0 Å². The van der Waals surface area contributed by atoms with Crippen LogP contribution in [0, 0.1) is 5.92 Å². The number of benzene rings is 2. The number of alkyl carbamates (subject to hydrolysis) is 1. The third kappa shape index (κ3) is 4.71. The predicted octanol–water partition coefficient (Wildman–Crippen LogP) is 3.28. The molecule has 4 rings (SSSR count). The molecule has 0 saturated heterocycles. The first kappa shape index (κ1) is 20.9. The Bertz CT molecular complexity index is 940. The zero-order valence-electron chi connectivity index (χ0n) is 17.2. The van der Waals surface area contributed by atoms with Crippen LogP contribution in [-0.4, -0.2) is 42.3 Å². The Balaban J connectivity index is 1.38. The zero-order valence-corrected chi connectivity index (χ0v) is 17.2. The minimum Gasteiger partial charge on any atom is -0.481 e. The Morgan fingerprint density at radius 3 is 2.16 bits per heavy atom. The highest BCUT2D eigenvalue weighted by atomic mass is 16.5. The molecule has 0 spiro atoms. The fourth-order valence-electron chi connectivity index (χ4n) is 4.23. The summed E-state index contributed by atoms with van der Waals surface area (Å²) in [5, 5.41) is 14.3. The SMILES string of the molecule is O=C(O)CC(NC(=O)OCC1c2ccccc2-c2ccccc21)C(=O)NCC1CCC1. The van der Waals surface area contributed by atoms with E-state index in [1.807, 2.05) is 48.5 Å². The summed E-state index contributed by atoms with van der Waals surface area (Å²) in [6, 6.07) is 14.8. The summed E-state index contributed by atoms with van der Waals surface area (Å²) in [6.45, 7) is 0.602. The van der Waals surface area contributed by atoms with Crippen LogP contribution in [0.1, 0.15) is 42.7 Å². The number of hydrogen-bond acceptors (Lipinski definition) is 4. The van der Waals surface area contributed by atoms with Gasteiger partial charge in [-0.1, -0.05) is 55.0 Å². The molecular weight excluding hydrogens is 396 g/mol. The van der Waals surface area contributed by atoms with E-state index >= 15 is 0 Å². The molecule has 0 aromatic heterocycles. The maximum absolute atomic E-state index is 12.4. The number of fused-ring (bicyclic) bond motifs is 3. The fraction of sp³-hybridized carbons (Fsp3) is 0.375. The Morgan fingerprint density at radius 2 is 1.61 bits per heavy atom. The van der Waals surface area contributed by atoms with Crippen LogP contribution in [-0.2, 0) is 14.3 Å². The van der Waals surface area contributed by atoms with E-state index in [4.69, 9.17) is 9.84 Å². The van der Waals surface area contributed by atoms with Gasteiger partial charge in [-0.25, -0.2) is 4.79 Å². The van der Waals surface area contributed by atoms with Gasteiger partial charge in [-0.2, -0.15) is 0 Å². The van der Waals surface area contributed by atoms with Gasteiger partial charge in [0.15, 0.2) is 0 Å². The van der Waals surface area contributed by atoms with Crippen molar-refractivity contribution in [2.75, 3.05) is 13.2 Å². The van der Waals surface area contributed by atoms with Crippen molar-refractivity contribution in [3.8, 4) is 11.1 Å². The van der Waals surface area contributed by atoms with E-state index in [1.54, 1.807) is 0 Å². The predicted molar refractivity (Wildman–Crippen MR) is 115 cm³/mol. The molecule has 0 aliphatic heterocycles. The lowest BCUT2D eigenvalue weighted by Gasteiger charge is -2.26. The molecule has 2 aromatic carbocycles. The summed E-state index contributed by atoms with van der Waals surface area (Å²) in [4.78, 5) is 36.0. The van der Waals surface area contributed by atoms with Crippen molar-refractivity contribution in [1.82, 2.24) is 10.6 Å². The second-order valence-electron chi connectivity index (χ2n) is 8.16. The molecule has 1 atom stereocenters. The van der Waals surface area contributed by atoms with Gasteiger partial charge < -0.3 is 20.5 Å². The Morgan fingerprint density at radius 1 is 1.00 bits per heavy atom. The van der Waals surface area contributed by atoms with Crippen molar-refractivity contribution in [1.29, 1.82) is 0 Å². The topological polar surface area (TPSA) is 105 Å². The molecule has 1 unspecified atom stereocenters. The zero-order chi connectivity index (χ0) is 21.8. The third-order valence-electron chi connectivity index (χ3n) is 6.12. The van der Waals surface area contributed by atoms with E-state index in [9.17, 15) is 14.4 Å². The molecule has 0 radical (unpaired) electrons. The average Bonchev–Trinajstić information content (AvgIpc) is 3.04. The first-order chi connectivity index (χ1) is 15.0. The molecule has 162 valence electrons. The molecule has 2 aliphatic rings. The maximum atomic E-state index is 12.4. The number of hydrogen-bond donors (Lipinski definition) is 3. The maximum Gasteiger partial charge on any atom is 0.407 e. The van der Waals surface area contributed by atoms with Crippen molar-refractivity contribution in [3.05, 3.63) is 59.7 Å². The first-order valence-corrected chi connectivity index (χ1v) is 10.6. The summed E-state index contributed by atoms with van der Waals surface area (Å²) >= 11 is 0. The highest BCUT2D eigenvalue weighted by Gasteiger charge is 2.30. The van der Waals surface area contributed by atoms with Gasteiger partial charge in [-0.05, 0) is 41.0 Å². The van der Waals surface area contributed by atoms with E-state index in [0.717, 1.165) is 41.5 Å². The monoisotopic (exact) mass is 422 g/mol. The van der Waals surface area contributed by atoms with Crippen LogP contribution in [0.2, 0.25) is 0 Å². The number of carboxylic acid groups (broad SMARTS) is 1. The first-order valence-electron chi connectivity index (χ1n) is 10.6. The lowest BCUT2D eigenvalue weighted by molar-refractivity contribution is -0.139. The molecule has 2 amide bonds. The molecule has 1 saturated carbocycles. The summed E-state index contributed by atoms with van der Waals surface area (Å²) < 4.78 is 5.44. The van der Waals surface area contributed by atoms with Crippen molar-refractivity contribution < 1.29 is 24.2 Å². The highest BCUT2D eigenvalue weighted by molar-refractivity contribution is 5.89. The normalized spacial score (nSPS) is 15.9. The van der Waals surface area contributed by atoms with Gasteiger partial charge in [-0.3, -0.25) is 9.59 Å². The summed E-state index contributed by atoms with van der Waals surface area (Å²) in [5.74, 6) is -1.34. The quantitative estimate of drug-likeness (QED) is 0.606. The molecule has 0 heterocycles. The van der Waals surface area contributed by atoms with Crippen molar-refractivity contribution in [2.45, 2.75) is 37.6 Å². The van der Waals surface area contributed by atoms with E-state index in [-0.39, 0.29) is 12.5 Å². The molecule has 1 fully saturated rings. The molecular formula is C24H26N2O5. The van der Waals surface area contributed by atoms with E-state index in [1.165, 1.54) is 0 Å². The highest BCUT2D eigenvalue weighted by Crippen LogP contribution is 2.44. The molecule has 7 nitrogen and oxygen atoms in total. The van der Waals surface area contributed by atoms with E-state index in [0.29, 0.717) is 12.5 Å². The van der Waals surface area contributed by atoms with Crippen LogP contribution >= 0.6 is 0 Å². The van der Waals surface area contributed by atoms with Gasteiger partial charge in [0.25, 0.3) is 0 Å². The summed E-state index contributed by atoms with van der Waals surface area (Å²) in [6.07, 6.45) is 1.97. The van der Waals surface area contributed by atoms with Crippen LogP contribution in [0.5, 0.6) is 0 Å². The Hall–Kier alpha value is -3.35. The smallest absolute Gasteiger partial charge is 0.407 e. The van der Waals surface area contributed by atoms with E-state index in [2.05, 4.69) is 10.6 Å². The molecule has 3 N–H and O–H groups in total. The number of ether oxygens (including phenoxy) is 1. The van der Waals surface area contributed by atoms with Gasteiger partial charge in [0.1, 0.15) is 12.6 Å². The van der Waals surface area contributed by atoms with Gasteiger partial charge in [0.2, 0.25) is 5.91 Å². The third-order valence-corrected chi connectivity index (χ3v) is 6.12. The van der Waals surface area contributed by atoms with Gasteiger partial charge in [0, 0.05) is 12.5 Å². The van der Waals surface area contributed by atoms with Crippen LogP contribution in [0.4, 0.5) is 4.79 Å². The van der Waals surface area contributed by atoms with Crippen LogP contribution < -0.4 is 10.6 Å². The molecule has 2 aromatic rings. The molecule has 0 bridgehead atoms. The molecule has 7 heteroatoms. The number of amides is 2. The second-order valence-corrected chi connectivity index (χ2v) is 8.16. The fourth-order valence-corrected chi connectivity index (χ4v) is 4.23. The van der Waals surface area contributed by atoms with Gasteiger partial charge >= 0.3 is 12.1 Å². The van der Waals surface area contributed by atoms with Crippen molar-refractivity contribution in [3.63, 3.8) is 0 Å². The van der Waals surface area contributed by atoms with Crippen molar-refractivity contribution in [2.24, 2.45) is 5.92 Å². The lowest BCUT2D eigenvalue weighted by Crippen LogP contribution is -2.49. The van der Waals surface area contributed by atoms with Gasteiger partial charge in [-0.15, -0.1) is 0 Å². The number of carboxylic acids is 1. The van der Waals surface area contributed by atoms with E-state index < -0.39 is 30.4 Å². The number of nitrogens with one attached hydrogen (secondary N) is 2. The summed E-state index contributed by atoms with van der Waals surface area (Å²) in [5.41, 5.74) is 4.39. The summed E-state index contributed by atoms with van der Waals surface area (Å²) in [7, 11) is 0. The number of carbonyl (C=O) groups excluding carboxylic acids is 2. The van der Waals surface area contributed by atoms with Crippen LogP contribution in [0.25, 0.3) is 11.1 Å².